The third-order valence-electron chi connectivity index (χ3n) is 3.02. The van der Waals surface area contributed by atoms with Gasteiger partial charge in [0.2, 0.25) is 0 Å². The van der Waals surface area contributed by atoms with Crippen LogP contribution >= 0.6 is 0 Å². The van der Waals surface area contributed by atoms with Crippen LogP contribution in [0.3, 0.4) is 0 Å². The molecule has 1 aromatic rings. The molecule has 15 heavy (non-hydrogen) atoms. The number of aromatic nitrogens is 1. The van der Waals surface area contributed by atoms with Crippen molar-refractivity contribution in [1.82, 2.24) is 4.98 Å². The lowest BCUT2D eigenvalue weighted by Gasteiger charge is -2.13. The quantitative estimate of drug-likeness (QED) is 0.693. The van der Waals surface area contributed by atoms with Crippen molar-refractivity contribution in [2.45, 2.75) is 26.4 Å². The first-order valence-electron chi connectivity index (χ1n) is 5.26. The molecule has 0 saturated carbocycles. The van der Waals surface area contributed by atoms with Crippen LogP contribution in [0.5, 0.6) is 0 Å². The lowest BCUT2D eigenvalue weighted by Crippen LogP contribution is -2.22. The van der Waals surface area contributed by atoms with Crippen molar-refractivity contribution < 1.29 is 9.53 Å². The molecule has 1 aliphatic heterocycles. The molecule has 0 aromatic carbocycles. The Labute approximate surface area is 89.5 Å². The third kappa shape index (κ3) is 1.92. The monoisotopic (exact) mass is 205 g/mol. The van der Waals surface area contributed by atoms with Gasteiger partial charge in [0.05, 0.1) is 12.0 Å². The largest absolute Gasteiger partial charge is 0.378 e. The van der Waals surface area contributed by atoms with Gasteiger partial charge in [-0.1, -0.05) is 0 Å². The average molecular weight is 205 g/mol. The Hall–Kier alpha value is -1.22. The van der Waals surface area contributed by atoms with E-state index < -0.39 is 0 Å². The Bertz CT molecular complexity index is 376. The van der Waals surface area contributed by atoms with Gasteiger partial charge in [0.15, 0.2) is 5.78 Å². The number of Topliss-reactive ketones (excluding diaryl/α,β-unsaturated/α-hetero) is 1. The van der Waals surface area contributed by atoms with Gasteiger partial charge in [-0.25, -0.2) is 0 Å². The number of carbonyl (C=O) groups is 1. The number of ether oxygens (including phenoxy) is 1. The number of ketones is 1. The zero-order valence-corrected chi connectivity index (χ0v) is 9.06. The minimum Gasteiger partial charge on any atom is -0.378 e. The second-order valence-corrected chi connectivity index (χ2v) is 4.03. The van der Waals surface area contributed by atoms with Crippen molar-refractivity contribution in [3.63, 3.8) is 0 Å². The van der Waals surface area contributed by atoms with E-state index in [9.17, 15) is 4.79 Å². The van der Waals surface area contributed by atoms with E-state index in [1.165, 1.54) is 0 Å². The highest BCUT2D eigenvalue weighted by Crippen LogP contribution is 2.25. The molecule has 2 heterocycles. The van der Waals surface area contributed by atoms with E-state index in [1.807, 2.05) is 19.9 Å². The fourth-order valence-electron chi connectivity index (χ4n) is 2.00. The molecular formula is C12H15NO2. The van der Waals surface area contributed by atoms with Gasteiger partial charge in [-0.3, -0.25) is 9.78 Å². The Kier molecular flexibility index (Phi) is 2.82. The van der Waals surface area contributed by atoms with Crippen LogP contribution in [-0.4, -0.2) is 23.5 Å². The Morgan fingerprint density at radius 2 is 2.40 bits per heavy atom. The molecule has 3 heteroatoms. The standard InChI is InChI=1S/C12H15NO2/c1-8-3-5-13-7-11(8)12(14)10-4-6-15-9(10)2/h3,5,7,9-10H,4,6H2,1-2H3. The van der Waals surface area contributed by atoms with E-state index in [-0.39, 0.29) is 17.8 Å². The van der Waals surface area contributed by atoms with Gasteiger partial charge < -0.3 is 4.74 Å². The molecule has 80 valence electrons. The fraction of sp³-hybridized carbons (Fsp3) is 0.500. The Balaban J connectivity index is 2.24. The number of hydrogen-bond acceptors (Lipinski definition) is 3. The molecule has 0 bridgehead atoms. The molecule has 1 aromatic heterocycles. The number of pyridine rings is 1. The van der Waals surface area contributed by atoms with Gasteiger partial charge in [0, 0.05) is 24.6 Å². The lowest BCUT2D eigenvalue weighted by atomic mass is 9.91. The molecule has 3 nitrogen and oxygen atoms in total. The van der Waals surface area contributed by atoms with E-state index in [0.29, 0.717) is 6.61 Å². The summed E-state index contributed by atoms with van der Waals surface area (Å²) in [6.07, 6.45) is 4.23. The zero-order chi connectivity index (χ0) is 10.8. The maximum absolute atomic E-state index is 12.2. The van der Waals surface area contributed by atoms with E-state index in [0.717, 1.165) is 17.5 Å². The van der Waals surface area contributed by atoms with Crippen molar-refractivity contribution in [2.24, 2.45) is 5.92 Å². The predicted octanol–water partition coefficient (Wildman–Crippen LogP) is 2.00. The highest BCUT2D eigenvalue weighted by molar-refractivity contribution is 5.99. The first-order chi connectivity index (χ1) is 7.20. The topological polar surface area (TPSA) is 39.2 Å². The summed E-state index contributed by atoms with van der Waals surface area (Å²) in [5, 5.41) is 0. The molecule has 1 saturated heterocycles. The zero-order valence-electron chi connectivity index (χ0n) is 9.06. The normalized spacial score (nSPS) is 25.5. The van der Waals surface area contributed by atoms with E-state index in [2.05, 4.69) is 4.98 Å². The number of nitrogens with zero attached hydrogens (tertiary/aromatic N) is 1. The second-order valence-electron chi connectivity index (χ2n) is 4.03. The molecule has 0 aliphatic carbocycles. The summed E-state index contributed by atoms with van der Waals surface area (Å²) in [6, 6.07) is 1.87. The number of hydrogen-bond donors (Lipinski definition) is 0. The first kappa shape index (κ1) is 10.3. The number of carbonyl (C=O) groups excluding carboxylic acids is 1. The molecule has 1 fully saturated rings. The van der Waals surface area contributed by atoms with Crippen molar-refractivity contribution in [3.8, 4) is 0 Å². The maximum Gasteiger partial charge on any atom is 0.170 e. The summed E-state index contributed by atoms with van der Waals surface area (Å²) in [7, 11) is 0. The minimum absolute atomic E-state index is 0.00731. The summed E-state index contributed by atoms with van der Waals surface area (Å²) < 4.78 is 5.41. The summed E-state index contributed by atoms with van der Waals surface area (Å²) >= 11 is 0. The molecule has 2 rings (SSSR count). The molecule has 2 unspecified atom stereocenters. The van der Waals surface area contributed by atoms with E-state index in [1.54, 1.807) is 12.4 Å². The van der Waals surface area contributed by atoms with Gasteiger partial charge in [-0.05, 0) is 31.9 Å². The molecular weight excluding hydrogens is 190 g/mol. The number of rotatable bonds is 2. The van der Waals surface area contributed by atoms with E-state index >= 15 is 0 Å². The smallest absolute Gasteiger partial charge is 0.170 e. The second kappa shape index (κ2) is 4.11. The van der Waals surface area contributed by atoms with Gasteiger partial charge >= 0.3 is 0 Å². The van der Waals surface area contributed by atoms with E-state index in [4.69, 9.17) is 4.74 Å². The average Bonchev–Trinajstić information content (AvgIpc) is 2.64. The van der Waals surface area contributed by atoms with Crippen LogP contribution in [-0.2, 0) is 4.74 Å². The van der Waals surface area contributed by atoms with Crippen LogP contribution in [0.15, 0.2) is 18.5 Å². The fourth-order valence-corrected chi connectivity index (χ4v) is 2.00. The van der Waals surface area contributed by atoms with Crippen molar-refractivity contribution in [2.75, 3.05) is 6.61 Å². The predicted molar refractivity (Wildman–Crippen MR) is 56.8 cm³/mol. The SMILES string of the molecule is Cc1ccncc1C(=O)C1CCOC1C. The van der Waals surface area contributed by atoms with Crippen LogP contribution in [0.2, 0.25) is 0 Å². The lowest BCUT2D eigenvalue weighted by molar-refractivity contribution is 0.0763. The van der Waals surface area contributed by atoms with Crippen LogP contribution in [0.1, 0.15) is 29.3 Å². The van der Waals surface area contributed by atoms with Crippen LogP contribution < -0.4 is 0 Å². The summed E-state index contributed by atoms with van der Waals surface area (Å²) in [5.41, 5.74) is 1.73. The van der Waals surface area contributed by atoms with Crippen molar-refractivity contribution in [1.29, 1.82) is 0 Å². The highest BCUT2D eigenvalue weighted by Gasteiger charge is 2.31. The van der Waals surface area contributed by atoms with Crippen LogP contribution in [0.25, 0.3) is 0 Å². The summed E-state index contributed by atoms with van der Waals surface area (Å²) in [4.78, 5) is 16.2. The molecule has 2 atom stereocenters. The minimum atomic E-state index is 0.00731. The summed E-state index contributed by atoms with van der Waals surface area (Å²) in [6.45, 7) is 4.59. The third-order valence-corrected chi connectivity index (χ3v) is 3.02. The maximum atomic E-state index is 12.2. The molecule has 0 amide bonds. The summed E-state index contributed by atoms with van der Waals surface area (Å²) in [5.74, 6) is 0.179. The van der Waals surface area contributed by atoms with Crippen molar-refractivity contribution in [3.05, 3.63) is 29.6 Å². The van der Waals surface area contributed by atoms with Gasteiger partial charge in [0.1, 0.15) is 0 Å². The van der Waals surface area contributed by atoms with Gasteiger partial charge in [-0.15, -0.1) is 0 Å². The first-order valence-corrected chi connectivity index (χ1v) is 5.26. The molecule has 0 spiro atoms. The molecule has 0 radical (unpaired) electrons. The van der Waals surface area contributed by atoms with Crippen LogP contribution in [0.4, 0.5) is 0 Å². The van der Waals surface area contributed by atoms with Crippen molar-refractivity contribution >= 4 is 5.78 Å². The molecule has 0 N–H and O–H groups in total. The van der Waals surface area contributed by atoms with Crippen LogP contribution in [0, 0.1) is 12.8 Å². The number of aryl methyl sites for hydroxylation is 1. The molecule has 1 aliphatic rings. The Morgan fingerprint density at radius 1 is 1.60 bits per heavy atom. The highest BCUT2D eigenvalue weighted by atomic mass is 16.5. The van der Waals surface area contributed by atoms with Gasteiger partial charge in [-0.2, -0.15) is 0 Å². The Morgan fingerprint density at radius 3 is 3.00 bits per heavy atom. The van der Waals surface area contributed by atoms with Gasteiger partial charge in [0.25, 0.3) is 0 Å².